The quantitative estimate of drug-likeness (QED) is 0.0199. The number of rotatable bonds is 100. The van der Waals surface area contributed by atoms with Crippen LogP contribution in [-0.4, -0.2) is 430 Å². The Morgan fingerprint density at radius 3 is 0.599 bits per heavy atom. The van der Waals surface area contributed by atoms with Crippen molar-refractivity contribution in [1.82, 2.24) is 63.8 Å². The third-order valence-corrected chi connectivity index (χ3v) is 18.5. The minimum absolute atomic E-state index is 0.0321. The molecule has 142 heavy (non-hydrogen) atoms. The average molecular weight is 2040 g/mol. The van der Waals surface area contributed by atoms with E-state index in [4.69, 9.17) is 75.8 Å². The third-order valence-electron chi connectivity index (χ3n) is 18.5. The van der Waals surface area contributed by atoms with Gasteiger partial charge in [0.1, 0.15) is 125 Å². The fraction of sp³-hybridized carbons (Fsp3) is 0.733. The molecule has 52 nitrogen and oxygen atoms in total. The first-order valence-electron chi connectivity index (χ1n) is 46.6. The number of ether oxygens (including phenoxy) is 16. The number of carbonyl (C=O) groups excluding carboxylic acids is 24. The van der Waals surface area contributed by atoms with E-state index < -0.39 is 127 Å². The molecule has 0 aliphatic carbocycles. The number of Topliss-reactive ketones (excluding diaryl/α,β-unsaturated/α-hetero) is 9. The lowest BCUT2D eigenvalue weighted by Crippen LogP contribution is -2.49. The van der Waals surface area contributed by atoms with Crippen LogP contribution in [0.25, 0.3) is 0 Å². The van der Waals surface area contributed by atoms with Crippen molar-refractivity contribution in [3.8, 4) is 0 Å². The SMILES string of the molecule is CC(=O)CNC(=O)CCC(NC(=O)COCCOCCCC(=O)COCCOCC(COCCOCC(=O)CCCOCCOCC(=O)NC(CCC(=O)NCC=O)C(=O)NCC(C)=O)(COCCOCC(=O)CCCOCCOCC(=O)NC(CCC(=O)NCC=O)C(=O)NCC(C)=O)COCCOCC(=O)CCCOCCOCC(=O)NC(CCC(=O)NCC=O)C(=O)NCC(C)=O)C(=O)NCC(C)=O. The number of ketones is 9. The van der Waals surface area contributed by atoms with Gasteiger partial charge >= 0.3 is 0 Å². The topological polar surface area (TPSA) is 702 Å². The van der Waals surface area contributed by atoms with E-state index in [1.807, 2.05) is 0 Å². The van der Waals surface area contributed by atoms with E-state index in [1.54, 1.807) is 0 Å². The fourth-order valence-electron chi connectivity index (χ4n) is 11.4. The van der Waals surface area contributed by atoms with Gasteiger partial charge in [-0.25, -0.2) is 0 Å². The van der Waals surface area contributed by atoms with Crippen LogP contribution < -0.4 is 63.8 Å². The van der Waals surface area contributed by atoms with Crippen LogP contribution in [0.5, 0.6) is 0 Å². The molecule has 0 saturated heterocycles. The first kappa shape index (κ1) is 131. The van der Waals surface area contributed by atoms with Crippen molar-refractivity contribution in [3.63, 3.8) is 0 Å². The molecule has 0 aromatic rings. The Kier molecular flexibility index (Phi) is 81.0. The number of nitrogens with one attached hydrogen (secondary N) is 12. The summed E-state index contributed by atoms with van der Waals surface area (Å²) >= 11 is 0. The predicted octanol–water partition coefficient (Wildman–Crippen LogP) is -6.83. The Hall–Kier alpha value is -11.0. The van der Waals surface area contributed by atoms with E-state index in [1.165, 1.54) is 34.6 Å². The zero-order valence-electron chi connectivity index (χ0n) is 82.0. The minimum atomic E-state index is -1.20. The molecular weight excluding hydrogens is 1890 g/mol. The number of aldehydes is 3. The van der Waals surface area contributed by atoms with Crippen LogP contribution in [0.15, 0.2) is 0 Å². The maximum absolute atomic E-state index is 12.9. The molecule has 4 atom stereocenters. The monoisotopic (exact) mass is 2030 g/mol. The van der Waals surface area contributed by atoms with Crippen molar-refractivity contribution in [2.75, 3.05) is 264 Å². The Bertz CT molecular complexity index is 3530. The van der Waals surface area contributed by atoms with Crippen molar-refractivity contribution in [3.05, 3.63) is 0 Å². The highest BCUT2D eigenvalue weighted by atomic mass is 16.6. The average Bonchev–Trinajstić information content (AvgIpc) is 0.861. The molecule has 12 N–H and O–H groups in total. The van der Waals surface area contributed by atoms with E-state index in [0.717, 1.165) is 0 Å². The van der Waals surface area contributed by atoms with Crippen LogP contribution in [0.2, 0.25) is 0 Å². The lowest BCUT2D eigenvalue weighted by molar-refractivity contribution is -0.133. The Morgan fingerprint density at radius 1 is 0.211 bits per heavy atom. The molecule has 4 unspecified atom stereocenters. The van der Waals surface area contributed by atoms with Crippen molar-refractivity contribution in [1.29, 1.82) is 0 Å². The highest BCUT2D eigenvalue weighted by Gasteiger charge is 2.34. The second kappa shape index (κ2) is 87.8. The molecular formula is C90H146N12O40. The number of hydrogen-bond acceptors (Lipinski definition) is 40. The van der Waals surface area contributed by atoms with Gasteiger partial charge in [-0.2, -0.15) is 0 Å². The zero-order chi connectivity index (χ0) is 105. The Labute approximate surface area is 824 Å². The molecule has 12 amide bonds. The van der Waals surface area contributed by atoms with Gasteiger partial charge in [-0.1, -0.05) is 0 Å². The maximum atomic E-state index is 12.9. The molecule has 0 fully saturated rings. The van der Waals surface area contributed by atoms with Gasteiger partial charge in [0, 0.05) is 77.8 Å². The lowest BCUT2D eigenvalue weighted by atomic mass is 9.92. The molecule has 0 aromatic carbocycles. The first-order valence-corrected chi connectivity index (χ1v) is 46.6. The maximum Gasteiger partial charge on any atom is 0.246 e. The van der Waals surface area contributed by atoms with E-state index in [0.29, 0.717) is 44.5 Å². The van der Waals surface area contributed by atoms with Crippen molar-refractivity contribution in [2.24, 2.45) is 5.41 Å². The molecule has 0 rings (SSSR count). The van der Waals surface area contributed by atoms with Gasteiger partial charge in [-0.3, -0.25) is 101 Å². The molecule has 0 aliphatic heterocycles. The normalized spacial score (nSPS) is 12.2. The summed E-state index contributed by atoms with van der Waals surface area (Å²) in [7, 11) is 0. The minimum Gasteiger partial charge on any atom is -0.379 e. The van der Waals surface area contributed by atoms with Gasteiger partial charge in [-0.05, 0) is 86.0 Å². The summed E-state index contributed by atoms with van der Waals surface area (Å²) in [5, 5.41) is 28.8. The number of hydrogen-bond donors (Lipinski definition) is 12. The molecule has 52 heteroatoms. The van der Waals surface area contributed by atoms with Crippen molar-refractivity contribution in [2.45, 2.75) is 162 Å². The summed E-state index contributed by atoms with van der Waals surface area (Å²) < 4.78 is 90.8. The van der Waals surface area contributed by atoms with Gasteiger partial charge in [0.2, 0.25) is 70.9 Å². The van der Waals surface area contributed by atoms with Gasteiger partial charge in [-0.15, -0.1) is 0 Å². The van der Waals surface area contributed by atoms with Crippen LogP contribution in [0.1, 0.15) is 137 Å². The summed E-state index contributed by atoms with van der Waals surface area (Å²) in [5.74, 6) is -10.5. The van der Waals surface area contributed by atoms with Crippen LogP contribution in [0, 0.1) is 5.41 Å². The summed E-state index contributed by atoms with van der Waals surface area (Å²) in [6.07, 6.45) is 1.49. The van der Waals surface area contributed by atoms with Crippen molar-refractivity contribution < 1.29 is 191 Å². The molecule has 0 heterocycles. The number of carbonyl (C=O) groups is 24. The summed E-state index contributed by atoms with van der Waals surface area (Å²) in [6, 6.07) is -4.77. The number of amides is 12. The summed E-state index contributed by atoms with van der Waals surface area (Å²) in [5.41, 5.74) is -1.14. The molecule has 0 saturated carbocycles. The Morgan fingerprint density at radius 2 is 0.394 bits per heavy atom. The zero-order valence-corrected chi connectivity index (χ0v) is 82.0. The highest BCUT2D eigenvalue weighted by molar-refractivity contribution is 5.95. The second-order valence-corrected chi connectivity index (χ2v) is 31.9. The van der Waals surface area contributed by atoms with Crippen LogP contribution in [0.4, 0.5) is 0 Å². The van der Waals surface area contributed by atoms with Gasteiger partial charge in [0.05, 0.1) is 190 Å². The predicted molar refractivity (Wildman–Crippen MR) is 493 cm³/mol. The summed E-state index contributed by atoms with van der Waals surface area (Å²) in [6.45, 7) is 0.601. The third kappa shape index (κ3) is 80.6. The van der Waals surface area contributed by atoms with Crippen LogP contribution >= 0.6 is 0 Å². The highest BCUT2D eigenvalue weighted by Crippen LogP contribution is 2.22. The van der Waals surface area contributed by atoms with E-state index in [2.05, 4.69) is 63.8 Å². The standard InChI is InChI=1S/C90H146N12O40/c1-65(106)48-94-81(118)21-17-77(89(126)98-52-69(5)110)102-85(122)60-138-39-35-130-31-9-13-73(114)56-134-43-47-142-64-90(61-139-44-40-131-53-70(111)10-6-28-127-32-36-135-57-82(119)99-74(86(123)95-49-66(2)107)14-18-78(115)91-22-25-103,62-140-45-41-132-54-71(112)11-7-29-128-33-37-136-58-83(120)100-75(87(124)96-50-67(3)108)15-19-79(116)92-23-26-104)63-141-46-42-133-55-72(113)12-8-30-129-34-38-137-59-84(121)101-76(88(125)97-51-68(4)109)16-20-80(117)93-24-27-105/h25-27,74-77H,6-24,28-64H2,1-5H3,(H,91,115)(H,92,116)(H,93,117)(H,94,118)(H,95,123)(H,96,124)(H,97,125)(H,98,126)(H,99,119)(H,100,120)(H,101,121)(H,102,122). The van der Waals surface area contributed by atoms with Gasteiger partial charge in [0.15, 0.2) is 23.1 Å². The van der Waals surface area contributed by atoms with E-state index in [9.17, 15) is 115 Å². The fourth-order valence-corrected chi connectivity index (χ4v) is 11.4. The summed E-state index contributed by atoms with van der Waals surface area (Å²) in [4.78, 5) is 290. The smallest absolute Gasteiger partial charge is 0.246 e. The van der Waals surface area contributed by atoms with Crippen molar-refractivity contribution >= 4 is 142 Å². The van der Waals surface area contributed by atoms with E-state index in [-0.39, 0.29) is 366 Å². The van der Waals surface area contributed by atoms with Crippen LogP contribution in [0.3, 0.4) is 0 Å². The molecule has 0 radical (unpaired) electrons. The van der Waals surface area contributed by atoms with Gasteiger partial charge in [0.25, 0.3) is 0 Å². The Balaban J connectivity index is 6.14. The first-order chi connectivity index (χ1) is 68.1. The largest absolute Gasteiger partial charge is 0.379 e. The van der Waals surface area contributed by atoms with Crippen LogP contribution in [-0.2, 0) is 191 Å². The lowest BCUT2D eigenvalue weighted by Gasteiger charge is -2.33. The molecule has 0 aromatic heterocycles. The molecule has 0 aliphatic rings. The molecule has 806 valence electrons. The second-order valence-electron chi connectivity index (χ2n) is 31.9. The molecule has 0 bridgehead atoms. The van der Waals surface area contributed by atoms with Gasteiger partial charge < -0.3 is 154 Å². The van der Waals surface area contributed by atoms with E-state index >= 15 is 0 Å². The molecule has 0 spiro atoms.